The van der Waals surface area contributed by atoms with Crippen LogP contribution in [0.1, 0.15) is 24.3 Å². The lowest BCUT2D eigenvalue weighted by Gasteiger charge is -2.19. The average Bonchev–Trinajstić information content (AvgIpc) is 3.01. The van der Waals surface area contributed by atoms with Crippen LogP contribution < -0.4 is 0 Å². The van der Waals surface area contributed by atoms with Crippen molar-refractivity contribution in [3.05, 3.63) is 75.6 Å². The van der Waals surface area contributed by atoms with Crippen LogP contribution in [0.15, 0.2) is 53.6 Å². The topological polar surface area (TPSA) is 85.0 Å². The lowest BCUT2D eigenvalue weighted by molar-refractivity contribution is -0.385. The summed E-state index contributed by atoms with van der Waals surface area (Å²) < 4.78 is 18.7. The number of hydrazone groups is 1. The monoisotopic (exact) mass is 329 g/mol. The molecule has 3 rings (SSSR count). The fourth-order valence-corrected chi connectivity index (χ4v) is 2.28. The van der Waals surface area contributed by atoms with E-state index in [0.29, 0.717) is 11.1 Å². The highest BCUT2D eigenvalue weighted by molar-refractivity contribution is 5.96. The Morgan fingerprint density at radius 2 is 2.00 bits per heavy atom. The van der Waals surface area contributed by atoms with Gasteiger partial charge in [-0.3, -0.25) is 14.9 Å². The van der Waals surface area contributed by atoms with E-state index in [0.717, 1.165) is 5.01 Å². The summed E-state index contributed by atoms with van der Waals surface area (Å²) >= 11 is 0. The maximum Gasteiger partial charge on any atom is 0.269 e. The number of nitro benzene ring substituents is 1. The number of hydrogen-bond donors (Lipinski definition) is 0. The first-order valence-corrected chi connectivity index (χ1v) is 7.01. The molecule has 7 nitrogen and oxygen atoms in total. The maximum absolute atomic E-state index is 13.0. The molecule has 0 bridgehead atoms. The highest BCUT2D eigenvalue weighted by Crippen LogP contribution is 2.31. The van der Waals surface area contributed by atoms with E-state index < -0.39 is 17.0 Å². The van der Waals surface area contributed by atoms with Crippen LogP contribution in [-0.2, 0) is 9.53 Å². The standard InChI is InChI=1S/C16H12FN3O4/c1-10(21)19-16(12-3-2-4-14(9-12)20(22)23)24-15(18-19)11-5-7-13(17)8-6-11/h2-9,16H,1H3/t16-/m0/s1. The number of nitro groups is 1. The van der Waals surface area contributed by atoms with E-state index in [-0.39, 0.29) is 17.5 Å². The Morgan fingerprint density at radius 1 is 1.29 bits per heavy atom. The number of non-ortho nitro benzene ring substituents is 1. The molecule has 2 aromatic rings. The minimum absolute atomic E-state index is 0.116. The molecular weight excluding hydrogens is 317 g/mol. The molecule has 0 saturated heterocycles. The van der Waals surface area contributed by atoms with Crippen LogP contribution in [0.4, 0.5) is 10.1 Å². The van der Waals surface area contributed by atoms with Gasteiger partial charge in [-0.15, -0.1) is 5.10 Å². The van der Waals surface area contributed by atoms with Gasteiger partial charge in [0.25, 0.3) is 5.69 Å². The molecule has 2 aromatic carbocycles. The lowest BCUT2D eigenvalue weighted by atomic mass is 10.1. The van der Waals surface area contributed by atoms with Gasteiger partial charge in [0.15, 0.2) is 0 Å². The Balaban J connectivity index is 1.95. The molecule has 0 spiro atoms. The molecule has 0 aromatic heterocycles. The van der Waals surface area contributed by atoms with Gasteiger partial charge in [0.1, 0.15) is 5.82 Å². The number of nitrogens with zero attached hydrogens (tertiary/aromatic N) is 3. The minimum atomic E-state index is -0.914. The third kappa shape index (κ3) is 2.94. The first kappa shape index (κ1) is 15.6. The second-order valence-corrected chi connectivity index (χ2v) is 5.10. The molecule has 1 aliphatic heterocycles. The van der Waals surface area contributed by atoms with Crippen LogP contribution in [0.25, 0.3) is 0 Å². The first-order chi connectivity index (χ1) is 11.5. The first-order valence-electron chi connectivity index (χ1n) is 7.01. The molecule has 1 aliphatic rings. The number of carbonyl (C=O) groups excluding carboxylic acids is 1. The summed E-state index contributed by atoms with van der Waals surface area (Å²) in [5, 5.41) is 16.1. The summed E-state index contributed by atoms with van der Waals surface area (Å²) in [7, 11) is 0. The smallest absolute Gasteiger partial charge is 0.269 e. The lowest BCUT2D eigenvalue weighted by Crippen LogP contribution is -2.25. The predicted octanol–water partition coefficient (Wildman–Crippen LogP) is 2.97. The largest absolute Gasteiger partial charge is 0.446 e. The molecule has 0 saturated carbocycles. The van der Waals surface area contributed by atoms with Crippen LogP contribution in [0.3, 0.4) is 0 Å². The molecule has 0 aliphatic carbocycles. The number of ether oxygens (including phenoxy) is 1. The summed E-state index contributed by atoms with van der Waals surface area (Å²) in [6.45, 7) is 1.31. The SMILES string of the molecule is CC(=O)N1N=C(c2ccc(F)cc2)O[C@H]1c1cccc([N+](=O)[O-])c1. The predicted molar refractivity (Wildman–Crippen MR) is 82.4 cm³/mol. The molecule has 8 heteroatoms. The Labute approximate surface area is 136 Å². The summed E-state index contributed by atoms with van der Waals surface area (Å²) in [6.07, 6.45) is -0.914. The summed E-state index contributed by atoms with van der Waals surface area (Å²) in [5.41, 5.74) is 0.797. The van der Waals surface area contributed by atoms with Gasteiger partial charge in [-0.2, -0.15) is 5.01 Å². The van der Waals surface area contributed by atoms with Crippen molar-refractivity contribution in [3.8, 4) is 0 Å². The van der Waals surface area contributed by atoms with Gasteiger partial charge in [0, 0.05) is 30.2 Å². The van der Waals surface area contributed by atoms with Crippen LogP contribution in [0.5, 0.6) is 0 Å². The highest BCUT2D eigenvalue weighted by atomic mass is 19.1. The van der Waals surface area contributed by atoms with Crippen molar-refractivity contribution in [2.75, 3.05) is 0 Å². The third-order valence-corrected chi connectivity index (χ3v) is 3.42. The van der Waals surface area contributed by atoms with E-state index in [1.165, 1.54) is 49.4 Å². The van der Waals surface area contributed by atoms with E-state index in [2.05, 4.69) is 5.10 Å². The Morgan fingerprint density at radius 3 is 2.62 bits per heavy atom. The second-order valence-electron chi connectivity index (χ2n) is 5.10. The van der Waals surface area contributed by atoms with E-state index in [1.807, 2.05) is 0 Å². The fraction of sp³-hybridized carbons (Fsp3) is 0.125. The molecule has 122 valence electrons. The van der Waals surface area contributed by atoms with Crippen LogP contribution in [0.2, 0.25) is 0 Å². The molecule has 0 radical (unpaired) electrons. The molecular formula is C16H12FN3O4. The minimum Gasteiger partial charge on any atom is -0.446 e. The maximum atomic E-state index is 13.0. The zero-order valence-electron chi connectivity index (χ0n) is 12.5. The molecule has 1 amide bonds. The van der Waals surface area contributed by atoms with Gasteiger partial charge in [0.2, 0.25) is 18.0 Å². The van der Waals surface area contributed by atoms with Gasteiger partial charge in [-0.05, 0) is 24.3 Å². The van der Waals surface area contributed by atoms with Gasteiger partial charge >= 0.3 is 0 Å². The van der Waals surface area contributed by atoms with Gasteiger partial charge < -0.3 is 4.74 Å². The molecule has 0 unspecified atom stereocenters. The van der Waals surface area contributed by atoms with Crippen molar-refractivity contribution in [1.29, 1.82) is 0 Å². The number of carbonyl (C=O) groups is 1. The quantitative estimate of drug-likeness (QED) is 0.640. The average molecular weight is 329 g/mol. The molecule has 0 fully saturated rings. The van der Waals surface area contributed by atoms with Gasteiger partial charge in [0.05, 0.1) is 4.92 Å². The van der Waals surface area contributed by atoms with Gasteiger partial charge in [-0.1, -0.05) is 12.1 Å². The van der Waals surface area contributed by atoms with Crippen LogP contribution >= 0.6 is 0 Å². The number of rotatable bonds is 3. The van der Waals surface area contributed by atoms with Crippen LogP contribution in [0, 0.1) is 15.9 Å². The molecule has 0 N–H and O–H groups in total. The fourth-order valence-electron chi connectivity index (χ4n) is 2.28. The van der Waals surface area contributed by atoms with Crippen molar-refractivity contribution in [1.82, 2.24) is 5.01 Å². The van der Waals surface area contributed by atoms with Crippen molar-refractivity contribution < 1.29 is 18.8 Å². The van der Waals surface area contributed by atoms with E-state index >= 15 is 0 Å². The highest BCUT2D eigenvalue weighted by Gasteiger charge is 2.33. The van der Waals surface area contributed by atoms with Crippen molar-refractivity contribution >= 4 is 17.5 Å². The van der Waals surface area contributed by atoms with E-state index in [4.69, 9.17) is 4.74 Å². The number of benzene rings is 2. The number of amides is 1. The second kappa shape index (κ2) is 6.07. The van der Waals surface area contributed by atoms with Crippen LogP contribution in [-0.4, -0.2) is 21.7 Å². The Bertz CT molecular complexity index is 835. The summed E-state index contributed by atoms with van der Waals surface area (Å²) in [4.78, 5) is 22.2. The van der Waals surface area contributed by atoms with E-state index in [1.54, 1.807) is 6.07 Å². The summed E-state index contributed by atoms with van der Waals surface area (Å²) in [6, 6.07) is 11.2. The third-order valence-electron chi connectivity index (χ3n) is 3.42. The molecule has 24 heavy (non-hydrogen) atoms. The van der Waals surface area contributed by atoms with Crippen molar-refractivity contribution in [2.24, 2.45) is 5.10 Å². The van der Waals surface area contributed by atoms with Crippen molar-refractivity contribution in [3.63, 3.8) is 0 Å². The number of hydrogen-bond acceptors (Lipinski definition) is 5. The normalized spacial score (nSPS) is 16.5. The Kier molecular flexibility index (Phi) is 3.95. The van der Waals surface area contributed by atoms with E-state index in [9.17, 15) is 19.3 Å². The molecule has 1 heterocycles. The Hall–Kier alpha value is -3.29. The number of halogens is 1. The van der Waals surface area contributed by atoms with Crippen molar-refractivity contribution in [2.45, 2.75) is 13.2 Å². The zero-order chi connectivity index (χ0) is 17.3. The van der Waals surface area contributed by atoms with Gasteiger partial charge in [-0.25, -0.2) is 4.39 Å². The molecule has 1 atom stereocenters. The zero-order valence-corrected chi connectivity index (χ0v) is 12.5. The summed E-state index contributed by atoms with van der Waals surface area (Å²) in [5.74, 6) is -0.652.